The van der Waals surface area contributed by atoms with Gasteiger partial charge < -0.3 is 4.74 Å². The molecule has 1 aliphatic carbocycles. The van der Waals surface area contributed by atoms with Crippen molar-refractivity contribution in [3.05, 3.63) is 77.4 Å². The SMILES string of the molecule is C=CC(=C1CC1)/C(=C1/COCC1=C)c1ccccc1. The molecule has 0 bridgehead atoms. The Bertz CT molecular complexity index is 581. The van der Waals surface area contributed by atoms with E-state index in [1.165, 1.54) is 40.7 Å². The van der Waals surface area contributed by atoms with Crippen molar-refractivity contribution in [2.45, 2.75) is 12.8 Å². The van der Waals surface area contributed by atoms with Gasteiger partial charge in [-0.15, -0.1) is 0 Å². The molecule has 0 radical (unpaired) electrons. The Morgan fingerprint density at radius 1 is 1.11 bits per heavy atom. The molecule has 2 fully saturated rings. The number of rotatable bonds is 3. The van der Waals surface area contributed by atoms with Crippen LogP contribution in [-0.2, 0) is 4.74 Å². The van der Waals surface area contributed by atoms with Gasteiger partial charge in [-0.3, -0.25) is 0 Å². The molecule has 96 valence electrons. The predicted octanol–water partition coefficient (Wildman–Crippen LogP) is 4.30. The maximum atomic E-state index is 5.55. The molecule has 1 saturated carbocycles. The summed E-state index contributed by atoms with van der Waals surface area (Å²) in [5.41, 5.74) is 7.62. The molecule has 0 atom stereocenters. The third-order valence-corrected chi connectivity index (χ3v) is 3.67. The molecule has 0 spiro atoms. The van der Waals surface area contributed by atoms with Gasteiger partial charge in [0.15, 0.2) is 0 Å². The predicted molar refractivity (Wildman–Crippen MR) is 79.8 cm³/mol. The van der Waals surface area contributed by atoms with Crippen LogP contribution in [0.3, 0.4) is 0 Å². The van der Waals surface area contributed by atoms with E-state index >= 15 is 0 Å². The van der Waals surface area contributed by atoms with Crippen LogP contribution in [0.15, 0.2) is 71.9 Å². The van der Waals surface area contributed by atoms with E-state index in [1.54, 1.807) is 0 Å². The molecule has 1 heterocycles. The van der Waals surface area contributed by atoms with E-state index in [1.807, 2.05) is 12.1 Å². The van der Waals surface area contributed by atoms with Gasteiger partial charge in [0.05, 0.1) is 13.2 Å². The van der Waals surface area contributed by atoms with Crippen LogP contribution < -0.4 is 0 Å². The van der Waals surface area contributed by atoms with Gasteiger partial charge in [-0.1, -0.05) is 55.1 Å². The van der Waals surface area contributed by atoms with E-state index < -0.39 is 0 Å². The summed E-state index contributed by atoms with van der Waals surface area (Å²) in [5.74, 6) is 0. The molecule has 0 N–H and O–H groups in total. The van der Waals surface area contributed by atoms with Gasteiger partial charge in [0.2, 0.25) is 0 Å². The summed E-state index contributed by atoms with van der Waals surface area (Å²) >= 11 is 0. The second-order valence-electron chi connectivity index (χ2n) is 5.04. The van der Waals surface area contributed by atoms with Crippen molar-refractivity contribution < 1.29 is 4.74 Å². The highest BCUT2D eigenvalue weighted by Crippen LogP contribution is 2.41. The number of ether oxygens (including phenoxy) is 1. The second kappa shape index (κ2) is 5.02. The fourth-order valence-electron chi connectivity index (χ4n) is 2.57. The molecule has 1 nitrogen and oxygen atoms in total. The monoisotopic (exact) mass is 250 g/mol. The van der Waals surface area contributed by atoms with E-state index in [0.29, 0.717) is 13.2 Å². The topological polar surface area (TPSA) is 9.23 Å². The summed E-state index contributed by atoms with van der Waals surface area (Å²) in [5, 5.41) is 0. The lowest BCUT2D eigenvalue weighted by Crippen LogP contribution is -1.96. The first-order valence-electron chi connectivity index (χ1n) is 6.70. The van der Waals surface area contributed by atoms with Crippen LogP contribution >= 0.6 is 0 Å². The van der Waals surface area contributed by atoms with E-state index in [0.717, 1.165) is 5.57 Å². The minimum absolute atomic E-state index is 0.644. The Morgan fingerprint density at radius 3 is 2.37 bits per heavy atom. The summed E-state index contributed by atoms with van der Waals surface area (Å²) in [6, 6.07) is 10.5. The van der Waals surface area contributed by atoms with E-state index in [-0.39, 0.29) is 0 Å². The van der Waals surface area contributed by atoms with Crippen molar-refractivity contribution in [2.24, 2.45) is 0 Å². The summed E-state index contributed by atoms with van der Waals surface area (Å²) in [6.07, 6.45) is 4.37. The molecule has 1 aromatic rings. The summed E-state index contributed by atoms with van der Waals surface area (Å²) in [4.78, 5) is 0. The Morgan fingerprint density at radius 2 is 1.84 bits per heavy atom. The molecule has 0 unspecified atom stereocenters. The van der Waals surface area contributed by atoms with Gasteiger partial charge in [-0.2, -0.15) is 0 Å². The van der Waals surface area contributed by atoms with E-state index in [9.17, 15) is 0 Å². The molecular formula is C18H18O. The quantitative estimate of drug-likeness (QED) is 0.777. The average Bonchev–Trinajstić information content (AvgIpc) is 3.20. The normalized spacial score (nSPS) is 20.4. The van der Waals surface area contributed by atoms with Crippen molar-refractivity contribution in [2.75, 3.05) is 13.2 Å². The number of benzene rings is 1. The lowest BCUT2D eigenvalue weighted by atomic mass is 9.90. The Balaban J connectivity index is 2.20. The highest BCUT2D eigenvalue weighted by Gasteiger charge is 2.24. The minimum Gasteiger partial charge on any atom is -0.372 e. The maximum absolute atomic E-state index is 5.55. The van der Waals surface area contributed by atoms with Crippen molar-refractivity contribution in [1.82, 2.24) is 0 Å². The molecule has 0 aromatic heterocycles. The number of hydrogen-bond acceptors (Lipinski definition) is 1. The van der Waals surface area contributed by atoms with Crippen LogP contribution in [0, 0.1) is 0 Å². The summed E-state index contributed by atoms with van der Waals surface area (Å²) < 4.78 is 5.55. The molecule has 1 aromatic carbocycles. The Labute approximate surface area is 114 Å². The van der Waals surface area contributed by atoms with Crippen molar-refractivity contribution >= 4 is 5.57 Å². The van der Waals surface area contributed by atoms with Gasteiger partial charge in [-0.05, 0) is 40.7 Å². The molecule has 3 rings (SSSR count). The molecule has 0 amide bonds. The number of hydrogen-bond donors (Lipinski definition) is 0. The fraction of sp³-hybridized carbons (Fsp3) is 0.222. The molecule has 2 aliphatic rings. The van der Waals surface area contributed by atoms with Crippen LogP contribution in [0.4, 0.5) is 0 Å². The third-order valence-electron chi connectivity index (χ3n) is 3.67. The van der Waals surface area contributed by atoms with Gasteiger partial charge in [0, 0.05) is 0 Å². The molecule has 1 saturated heterocycles. The van der Waals surface area contributed by atoms with Crippen LogP contribution in [0.5, 0.6) is 0 Å². The standard InChI is InChI=1S/C18H18O/c1-3-16(14-9-10-14)18(15-7-5-4-6-8-15)17-12-19-11-13(17)2/h3-8H,1-2,9-12H2/b18-17-. The van der Waals surface area contributed by atoms with Crippen molar-refractivity contribution in [1.29, 1.82) is 0 Å². The van der Waals surface area contributed by atoms with Gasteiger partial charge in [0.25, 0.3) is 0 Å². The third kappa shape index (κ3) is 2.34. The Kier molecular flexibility index (Phi) is 3.22. The lowest BCUT2D eigenvalue weighted by molar-refractivity contribution is 0.215. The first kappa shape index (κ1) is 12.2. The smallest absolute Gasteiger partial charge is 0.0731 e. The largest absolute Gasteiger partial charge is 0.372 e. The zero-order valence-corrected chi connectivity index (χ0v) is 11.1. The second-order valence-corrected chi connectivity index (χ2v) is 5.04. The van der Waals surface area contributed by atoms with Crippen LogP contribution in [-0.4, -0.2) is 13.2 Å². The van der Waals surface area contributed by atoms with Crippen molar-refractivity contribution in [3.8, 4) is 0 Å². The zero-order chi connectivity index (χ0) is 13.2. The summed E-state index contributed by atoms with van der Waals surface area (Å²) in [7, 11) is 0. The zero-order valence-electron chi connectivity index (χ0n) is 11.1. The van der Waals surface area contributed by atoms with Crippen LogP contribution in [0.25, 0.3) is 5.57 Å². The summed E-state index contributed by atoms with van der Waals surface area (Å²) in [6.45, 7) is 9.45. The fourth-order valence-corrected chi connectivity index (χ4v) is 2.57. The first-order chi connectivity index (χ1) is 9.31. The van der Waals surface area contributed by atoms with Crippen LogP contribution in [0.1, 0.15) is 18.4 Å². The molecule has 19 heavy (non-hydrogen) atoms. The molecule has 1 aliphatic heterocycles. The van der Waals surface area contributed by atoms with E-state index in [2.05, 4.69) is 37.4 Å². The van der Waals surface area contributed by atoms with Crippen molar-refractivity contribution in [3.63, 3.8) is 0 Å². The maximum Gasteiger partial charge on any atom is 0.0731 e. The average molecular weight is 250 g/mol. The minimum atomic E-state index is 0.644. The number of allylic oxidation sites excluding steroid dienone is 4. The highest BCUT2D eigenvalue weighted by molar-refractivity contribution is 5.88. The lowest BCUT2D eigenvalue weighted by Gasteiger charge is -2.13. The van der Waals surface area contributed by atoms with Gasteiger partial charge >= 0.3 is 0 Å². The van der Waals surface area contributed by atoms with Crippen LogP contribution in [0.2, 0.25) is 0 Å². The molecular weight excluding hydrogens is 232 g/mol. The first-order valence-corrected chi connectivity index (χ1v) is 6.70. The Hall–Kier alpha value is -1.86. The van der Waals surface area contributed by atoms with Gasteiger partial charge in [-0.25, -0.2) is 0 Å². The highest BCUT2D eigenvalue weighted by atomic mass is 16.5. The molecule has 1 heteroatoms. The van der Waals surface area contributed by atoms with Gasteiger partial charge in [0.1, 0.15) is 0 Å². The van der Waals surface area contributed by atoms with E-state index in [4.69, 9.17) is 4.74 Å².